The Morgan fingerprint density at radius 3 is 2.67 bits per heavy atom. The van der Waals surface area contributed by atoms with Crippen molar-refractivity contribution >= 4 is 34.8 Å². The summed E-state index contributed by atoms with van der Waals surface area (Å²) >= 11 is 5.50. The van der Waals surface area contributed by atoms with Crippen LogP contribution in [0.25, 0.3) is 0 Å². The number of halogens is 1. The van der Waals surface area contributed by atoms with Crippen molar-refractivity contribution in [1.29, 1.82) is 0 Å². The molecule has 2 amide bonds. The maximum atomic E-state index is 13.3. The maximum Gasteiger partial charge on any atom is 0.257 e. The number of imide groups is 1. The van der Waals surface area contributed by atoms with E-state index >= 15 is 0 Å². The monoisotopic (exact) mass is 429 g/mol. The average molecular weight is 429 g/mol. The van der Waals surface area contributed by atoms with Crippen LogP contribution in [-0.2, 0) is 16.1 Å². The first kappa shape index (κ1) is 20.1. The topological polar surface area (TPSA) is 71.1 Å². The molecule has 0 aliphatic carbocycles. The fourth-order valence-corrected chi connectivity index (χ4v) is 3.87. The lowest BCUT2D eigenvalue weighted by Gasteiger charge is -2.30. The van der Waals surface area contributed by atoms with E-state index in [0.717, 1.165) is 10.5 Å². The number of benzene rings is 2. The third-order valence-electron chi connectivity index (χ3n) is 4.96. The quantitative estimate of drug-likeness (QED) is 0.579. The van der Waals surface area contributed by atoms with Crippen molar-refractivity contribution in [2.24, 2.45) is 0 Å². The molecule has 1 saturated heterocycles. The van der Waals surface area contributed by atoms with Gasteiger partial charge in [0.25, 0.3) is 5.91 Å². The number of hydrogen-bond donors (Lipinski definition) is 1. The van der Waals surface area contributed by atoms with Gasteiger partial charge in [-0.3, -0.25) is 9.59 Å². The van der Waals surface area contributed by atoms with Crippen LogP contribution in [0.15, 0.2) is 42.5 Å². The molecular weight excluding hydrogens is 409 g/mol. The zero-order valence-electron chi connectivity index (χ0n) is 16.3. The minimum Gasteiger partial charge on any atom is -0.454 e. The summed E-state index contributed by atoms with van der Waals surface area (Å²) in [6.07, 6.45) is -0.0215. The molecule has 0 saturated carbocycles. The van der Waals surface area contributed by atoms with Crippen molar-refractivity contribution < 1.29 is 23.5 Å². The maximum absolute atomic E-state index is 13.3. The molecule has 2 aliphatic heterocycles. The van der Waals surface area contributed by atoms with Gasteiger partial charge < -0.3 is 19.7 Å². The third-order valence-corrected chi connectivity index (χ3v) is 5.34. The van der Waals surface area contributed by atoms with Gasteiger partial charge in [0.1, 0.15) is 11.9 Å². The molecular formula is C21H20FN3O4S. The summed E-state index contributed by atoms with van der Waals surface area (Å²) in [7, 11) is 0. The van der Waals surface area contributed by atoms with Crippen molar-refractivity contribution in [3.05, 3.63) is 53.8 Å². The van der Waals surface area contributed by atoms with Crippen LogP contribution in [0.5, 0.6) is 11.5 Å². The van der Waals surface area contributed by atoms with Gasteiger partial charge in [-0.25, -0.2) is 9.29 Å². The van der Waals surface area contributed by atoms with Gasteiger partial charge >= 0.3 is 0 Å². The minimum absolute atomic E-state index is 0.0215. The van der Waals surface area contributed by atoms with Crippen LogP contribution in [0, 0.1) is 5.82 Å². The van der Waals surface area contributed by atoms with Gasteiger partial charge in [0.2, 0.25) is 12.7 Å². The van der Waals surface area contributed by atoms with Crippen molar-refractivity contribution in [1.82, 2.24) is 10.2 Å². The van der Waals surface area contributed by atoms with Crippen LogP contribution in [0.4, 0.5) is 10.1 Å². The summed E-state index contributed by atoms with van der Waals surface area (Å²) < 4.78 is 24.0. The van der Waals surface area contributed by atoms with Crippen molar-refractivity contribution in [3.63, 3.8) is 0 Å². The second-order valence-electron chi connectivity index (χ2n) is 6.91. The molecule has 1 N–H and O–H groups in total. The molecule has 0 unspecified atom stereocenters. The molecule has 30 heavy (non-hydrogen) atoms. The van der Waals surface area contributed by atoms with Crippen LogP contribution in [0.3, 0.4) is 0 Å². The Bertz CT molecular complexity index is 998. The van der Waals surface area contributed by atoms with E-state index in [0.29, 0.717) is 35.4 Å². The highest BCUT2D eigenvalue weighted by molar-refractivity contribution is 7.80. The SMILES string of the molecule is CCNC(=S)N(Cc1ccc2c(c1)OCO2)[C@H]1CC(=O)N(c2ccc(F)cc2)C1=O. The number of nitrogens with one attached hydrogen (secondary N) is 1. The summed E-state index contributed by atoms with van der Waals surface area (Å²) in [6.45, 7) is 2.95. The second kappa shape index (κ2) is 8.27. The summed E-state index contributed by atoms with van der Waals surface area (Å²) in [6, 6.07) is 10.0. The standard InChI is InChI=1S/C21H20FN3O4S/c1-2-23-21(30)24(11-13-3-8-17-18(9-13)29-12-28-17)16-10-19(26)25(20(16)27)15-6-4-14(22)5-7-15/h3-9,16H,2,10-12H2,1H3,(H,23,30)/t16-/m0/s1. The molecule has 4 rings (SSSR count). The van der Waals surface area contributed by atoms with E-state index in [-0.39, 0.29) is 19.1 Å². The van der Waals surface area contributed by atoms with Gasteiger partial charge in [0.05, 0.1) is 12.1 Å². The van der Waals surface area contributed by atoms with Crippen LogP contribution in [0.2, 0.25) is 0 Å². The zero-order chi connectivity index (χ0) is 21.3. The van der Waals surface area contributed by atoms with E-state index in [4.69, 9.17) is 21.7 Å². The first-order valence-electron chi connectivity index (χ1n) is 9.53. The zero-order valence-corrected chi connectivity index (χ0v) is 17.1. The Balaban J connectivity index is 1.60. The highest BCUT2D eigenvalue weighted by atomic mass is 32.1. The smallest absolute Gasteiger partial charge is 0.257 e. The highest BCUT2D eigenvalue weighted by Gasteiger charge is 2.43. The molecule has 2 aromatic rings. The Hall–Kier alpha value is -3.20. The van der Waals surface area contributed by atoms with Gasteiger partial charge in [-0.15, -0.1) is 0 Å². The van der Waals surface area contributed by atoms with E-state index < -0.39 is 17.8 Å². The Labute approximate surface area is 178 Å². The Kier molecular flexibility index (Phi) is 5.54. The number of ether oxygens (including phenoxy) is 2. The fourth-order valence-electron chi connectivity index (χ4n) is 3.53. The number of nitrogens with zero attached hydrogens (tertiary/aromatic N) is 2. The lowest BCUT2D eigenvalue weighted by molar-refractivity contribution is -0.122. The lowest BCUT2D eigenvalue weighted by Crippen LogP contribution is -2.49. The van der Waals surface area contributed by atoms with E-state index in [1.165, 1.54) is 24.3 Å². The summed E-state index contributed by atoms with van der Waals surface area (Å²) in [5.41, 5.74) is 1.20. The van der Waals surface area contributed by atoms with Crippen LogP contribution < -0.4 is 19.7 Å². The van der Waals surface area contributed by atoms with Gasteiger partial charge in [-0.1, -0.05) is 6.07 Å². The van der Waals surface area contributed by atoms with Gasteiger partial charge in [-0.2, -0.15) is 0 Å². The number of fused-ring (bicyclic) bond motifs is 1. The molecule has 156 valence electrons. The lowest BCUT2D eigenvalue weighted by atomic mass is 10.1. The summed E-state index contributed by atoms with van der Waals surface area (Å²) in [5.74, 6) is 0.101. The normalized spacial score (nSPS) is 17.4. The molecule has 0 bridgehead atoms. The Morgan fingerprint density at radius 2 is 1.93 bits per heavy atom. The fraction of sp³-hybridized carbons (Fsp3) is 0.286. The first-order valence-corrected chi connectivity index (χ1v) is 9.94. The van der Waals surface area contributed by atoms with Crippen molar-refractivity contribution in [2.75, 3.05) is 18.2 Å². The number of thiocarbonyl (C=S) groups is 1. The number of amides is 2. The third kappa shape index (κ3) is 3.80. The molecule has 7 nitrogen and oxygen atoms in total. The number of hydrogen-bond acceptors (Lipinski definition) is 5. The molecule has 1 atom stereocenters. The largest absolute Gasteiger partial charge is 0.454 e. The second-order valence-corrected chi connectivity index (χ2v) is 7.30. The van der Waals surface area contributed by atoms with Crippen LogP contribution in [0.1, 0.15) is 18.9 Å². The summed E-state index contributed by atoms with van der Waals surface area (Å²) in [5, 5.41) is 3.44. The minimum atomic E-state index is -0.764. The number of carbonyl (C=O) groups is 2. The molecule has 2 aliphatic rings. The van der Waals surface area contributed by atoms with Crippen molar-refractivity contribution in [3.8, 4) is 11.5 Å². The first-order chi connectivity index (χ1) is 14.5. The van der Waals surface area contributed by atoms with Gasteiger partial charge in [-0.05, 0) is 61.1 Å². The number of carbonyl (C=O) groups excluding carboxylic acids is 2. The predicted octanol–water partition coefficient (Wildman–Crippen LogP) is 2.58. The van der Waals surface area contributed by atoms with Gasteiger partial charge in [0, 0.05) is 13.1 Å². The molecule has 9 heteroatoms. The average Bonchev–Trinajstić information content (AvgIpc) is 3.31. The predicted molar refractivity (Wildman–Crippen MR) is 112 cm³/mol. The molecule has 1 fully saturated rings. The molecule has 2 aromatic carbocycles. The molecule has 2 heterocycles. The van der Waals surface area contributed by atoms with E-state index in [9.17, 15) is 14.0 Å². The van der Waals surface area contributed by atoms with E-state index in [2.05, 4.69) is 5.32 Å². The van der Waals surface area contributed by atoms with Crippen molar-refractivity contribution in [2.45, 2.75) is 25.9 Å². The highest BCUT2D eigenvalue weighted by Crippen LogP contribution is 2.33. The van der Waals surface area contributed by atoms with Crippen LogP contribution in [-0.4, -0.2) is 41.2 Å². The molecule has 0 radical (unpaired) electrons. The van der Waals surface area contributed by atoms with Crippen LogP contribution >= 0.6 is 12.2 Å². The molecule has 0 aromatic heterocycles. The van der Waals surface area contributed by atoms with E-state index in [1.807, 2.05) is 19.1 Å². The van der Waals surface area contributed by atoms with E-state index in [1.54, 1.807) is 11.0 Å². The Morgan fingerprint density at radius 1 is 1.20 bits per heavy atom. The number of anilines is 1. The summed E-state index contributed by atoms with van der Waals surface area (Å²) in [4.78, 5) is 28.6. The van der Waals surface area contributed by atoms with Gasteiger partial charge in [0.15, 0.2) is 16.6 Å². The molecule has 0 spiro atoms. The number of rotatable bonds is 5.